The van der Waals surface area contributed by atoms with E-state index in [4.69, 9.17) is 11.5 Å². The number of nitrogen functional groups attached to an aromatic ring is 2. The van der Waals surface area contributed by atoms with Crippen LogP contribution < -0.4 is 22.1 Å². The van der Waals surface area contributed by atoms with Crippen LogP contribution in [0.5, 0.6) is 0 Å². The van der Waals surface area contributed by atoms with Crippen LogP contribution in [0.2, 0.25) is 0 Å². The zero-order chi connectivity index (χ0) is 37.3. The van der Waals surface area contributed by atoms with Gasteiger partial charge in [0.25, 0.3) is 0 Å². The van der Waals surface area contributed by atoms with Gasteiger partial charge in [-0.15, -0.1) is 0 Å². The summed E-state index contributed by atoms with van der Waals surface area (Å²) in [7, 11) is 0. The fourth-order valence-electron chi connectivity index (χ4n) is 8.76. The molecule has 1 aliphatic carbocycles. The van der Waals surface area contributed by atoms with Gasteiger partial charge in [-0.3, -0.25) is 0 Å². The molecule has 0 radical (unpaired) electrons. The molecule has 0 bridgehead atoms. The van der Waals surface area contributed by atoms with Crippen molar-refractivity contribution in [3.8, 4) is 44.5 Å². The molecule has 264 valence electrons. The summed E-state index contributed by atoms with van der Waals surface area (Å²) in [6.45, 7) is 0. The van der Waals surface area contributed by atoms with Gasteiger partial charge in [-0.05, 0) is 160 Å². The quantitative estimate of drug-likeness (QED) is 0.102. The number of para-hydroxylation sites is 4. The maximum Gasteiger partial charge on any atom is 0.0617 e. The Bertz CT molecular complexity index is 3190. The predicted octanol–water partition coefficient (Wildman–Crippen LogP) is 13.9. The molecule has 0 aromatic heterocycles. The first-order chi connectivity index (χ1) is 27.6. The first-order valence-corrected chi connectivity index (χ1v) is 19.0. The van der Waals surface area contributed by atoms with Crippen LogP contribution in [0.15, 0.2) is 182 Å². The normalized spacial score (nSPS) is 11.7. The molecule has 6 N–H and O–H groups in total. The van der Waals surface area contributed by atoms with Gasteiger partial charge in [0.15, 0.2) is 0 Å². The van der Waals surface area contributed by atoms with E-state index in [2.05, 4.69) is 144 Å². The van der Waals surface area contributed by atoms with E-state index in [1.54, 1.807) is 0 Å². The average Bonchev–Trinajstić information content (AvgIpc) is 3.55. The van der Waals surface area contributed by atoms with Crippen molar-refractivity contribution in [3.63, 3.8) is 0 Å². The maximum atomic E-state index is 6.27. The lowest BCUT2D eigenvalue weighted by Crippen LogP contribution is -1.96. The number of hydrogen-bond acceptors (Lipinski definition) is 4. The van der Waals surface area contributed by atoms with Gasteiger partial charge >= 0.3 is 0 Å². The fraction of sp³-hybridized carbons (Fsp3) is 0. The van der Waals surface area contributed by atoms with Crippen LogP contribution in [0.3, 0.4) is 0 Å². The molecule has 0 atom stereocenters. The van der Waals surface area contributed by atoms with Crippen molar-refractivity contribution in [2.24, 2.45) is 0 Å². The van der Waals surface area contributed by atoms with E-state index in [0.717, 1.165) is 45.3 Å². The summed E-state index contributed by atoms with van der Waals surface area (Å²) < 4.78 is 0. The fourth-order valence-corrected chi connectivity index (χ4v) is 8.76. The van der Waals surface area contributed by atoms with Crippen LogP contribution in [0.25, 0.3) is 87.6 Å². The standard InChI is InChI=1S/C52H36N4/c53-48-15-3-5-17-50(48)55-34-23-19-31(20-24-34)40-27-46-42(37-12-2-1-11-36(37)40)28-41(32-21-25-35(26-22-32)56-51-18-6-4-16-49(51)54)45-29-43-38-13-7-9-33-10-8-14-39(52(33)38)44(43)30-47(45)46/h1-30,55-56H,53-54H2. The van der Waals surface area contributed by atoms with Crippen molar-refractivity contribution < 1.29 is 0 Å². The molecule has 0 amide bonds. The van der Waals surface area contributed by atoms with Crippen molar-refractivity contribution in [2.75, 3.05) is 22.1 Å². The summed E-state index contributed by atoms with van der Waals surface area (Å²) in [6.07, 6.45) is 0. The van der Waals surface area contributed by atoms with E-state index in [1.165, 1.54) is 76.5 Å². The Hall–Kier alpha value is -7.56. The first kappa shape index (κ1) is 31.9. The van der Waals surface area contributed by atoms with Gasteiger partial charge in [0.05, 0.1) is 22.7 Å². The lowest BCUT2D eigenvalue weighted by atomic mass is 9.86. The minimum absolute atomic E-state index is 0.721. The highest BCUT2D eigenvalue weighted by molar-refractivity contribution is 6.27. The third-order valence-electron chi connectivity index (χ3n) is 11.5. The molecule has 10 aromatic rings. The van der Waals surface area contributed by atoms with E-state index in [9.17, 15) is 0 Å². The zero-order valence-electron chi connectivity index (χ0n) is 30.5. The summed E-state index contributed by atoms with van der Waals surface area (Å²) in [5.41, 5.74) is 27.6. The largest absolute Gasteiger partial charge is 0.397 e. The van der Waals surface area contributed by atoms with Gasteiger partial charge in [-0.2, -0.15) is 0 Å². The molecular weight excluding hydrogens is 681 g/mol. The molecular formula is C52H36N4. The molecule has 10 aromatic carbocycles. The topological polar surface area (TPSA) is 76.1 Å². The van der Waals surface area contributed by atoms with Crippen molar-refractivity contribution in [1.29, 1.82) is 0 Å². The number of fused-ring (bicyclic) bond motifs is 8. The number of benzene rings is 10. The molecule has 4 heteroatoms. The van der Waals surface area contributed by atoms with Crippen LogP contribution in [-0.2, 0) is 0 Å². The second kappa shape index (κ2) is 12.5. The van der Waals surface area contributed by atoms with Crippen molar-refractivity contribution in [3.05, 3.63) is 182 Å². The van der Waals surface area contributed by atoms with Crippen LogP contribution in [-0.4, -0.2) is 0 Å². The molecule has 0 saturated carbocycles. The molecule has 56 heavy (non-hydrogen) atoms. The van der Waals surface area contributed by atoms with Gasteiger partial charge in [0.1, 0.15) is 0 Å². The molecule has 0 fully saturated rings. The van der Waals surface area contributed by atoms with E-state index < -0.39 is 0 Å². The number of nitrogens with two attached hydrogens (primary N) is 2. The Morgan fingerprint density at radius 1 is 0.304 bits per heavy atom. The van der Waals surface area contributed by atoms with Crippen LogP contribution in [0, 0.1) is 0 Å². The first-order valence-electron chi connectivity index (χ1n) is 19.0. The SMILES string of the molecule is Nc1ccccc1Nc1ccc(-c2cc3c4cc5c(cc4c(-c4ccc(Nc6ccccc6N)cc4)cc3c3ccccc23)-c2cccc3cccc-5c23)cc1. The van der Waals surface area contributed by atoms with Crippen molar-refractivity contribution in [1.82, 2.24) is 0 Å². The number of hydrogen-bond donors (Lipinski definition) is 4. The Morgan fingerprint density at radius 2 is 0.732 bits per heavy atom. The Balaban J connectivity index is 1.13. The molecule has 0 aliphatic heterocycles. The van der Waals surface area contributed by atoms with Gasteiger partial charge < -0.3 is 22.1 Å². The third-order valence-corrected chi connectivity index (χ3v) is 11.5. The molecule has 0 saturated heterocycles. The van der Waals surface area contributed by atoms with Gasteiger partial charge in [0.2, 0.25) is 0 Å². The molecule has 11 rings (SSSR count). The van der Waals surface area contributed by atoms with Gasteiger partial charge in [0, 0.05) is 11.4 Å². The van der Waals surface area contributed by atoms with Gasteiger partial charge in [-0.1, -0.05) is 109 Å². The lowest BCUT2D eigenvalue weighted by molar-refractivity contribution is 1.54. The minimum Gasteiger partial charge on any atom is -0.397 e. The monoisotopic (exact) mass is 716 g/mol. The highest BCUT2D eigenvalue weighted by Crippen LogP contribution is 2.51. The summed E-state index contributed by atoms with van der Waals surface area (Å²) in [5, 5.41) is 17.0. The smallest absolute Gasteiger partial charge is 0.0617 e. The molecule has 4 nitrogen and oxygen atoms in total. The number of nitrogens with one attached hydrogen (secondary N) is 2. The average molecular weight is 717 g/mol. The van der Waals surface area contributed by atoms with Crippen LogP contribution >= 0.6 is 0 Å². The predicted molar refractivity (Wildman–Crippen MR) is 240 cm³/mol. The molecule has 0 heterocycles. The Labute approximate surface area is 324 Å². The summed E-state index contributed by atoms with van der Waals surface area (Å²) in [4.78, 5) is 0. The molecule has 1 aliphatic rings. The molecule has 0 unspecified atom stereocenters. The van der Waals surface area contributed by atoms with E-state index >= 15 is 0 Å². The van der Waals surface area contributed by atoms with Crippen molar-refractivity contribution >= 4 is 77.2 Å². The zero-order valence-corrected chi connectivity index (χ0v) is 30.5. The third kappa shape index (κ3) is 5.08. The number of anilines is 6. The highest BCUT2D eigenvalue weighted by atomic mass is 14.9. The van der Waals surface area contributed by atoms with Crippen LogP contribution in [0.1, 0.15) is 0 Å². The Morgan fingerprint density at radius 3 is 1.29 bits per heavy atom. The van der Waals surface area contributed by atoms with Crippen molar-refractivity contribution in [2.45, 2.75) is 0 Å². The minimum atomic E-state index is 0.721. The second-order valence-electron chi connectivity index (χ2n) is 14.7. The molecule has 0 spiro atoms. The second-order valence-corrected chi connectivity index (χ2v) is 14.7. The maximum absolute atomic E-state index is 6.27. The lowest BCUT2D eigenvalue weighted by Gasteiger charge is -2.18. The summed E-state index contributed by atoms with van der Waals surface area (Å²) >= 11 is 0. The highest BCUT2D eigenvalue weighted by Gasteiger charge is 2.24. The van der Waals surface area contributed by atoms with E-state index in [0.29, 0.717) is 0 Å². The Kier molecular flexibility index (Phi) is 7.13. The number of rotatable bonds is 6. The van der Waals surface area contributed by atoms with E-state index in [1.807, 2.05) is 48.5 Å². The summed E-state index contributed by atoms with van der Waals surface area (Å²) in [5.74, 6) is 0. The van der Waals surface area contributed by atoms with Crippen LogP contribution in [0.4, 0.5) is 34.1 Å². The summed E-state index contributed by atoms with van der Waals surface area (Å²) in [6, 6.07) is 65.1. The van der Waals surface area contributed by atoms with Gasteiger partial charge in [-0.25, -0.2) is 0 Å². The van der Waals surface area contributed by atoms with E-state index in [-0.39, 0.29) is 0 Å².